The van der Waals surface area contributed by atoms with Crippen molar-refractivity contribution in [2.75, 3.05) is 13.7 Å². The van der Waals surface area contributed by atoms with E-state index in [-0.39, 0.29) is 12.7 Å². The van der Waals surface area contributed by atoms with E-state index in [2.05, 4.69) is 18.7 Å². The molecule has 0 saturated heterocycles. The van der Waals surface area contributed by atoms with E-state index in [0.29, 0.717) is 5.57 Å². The molecule has 22 heavy (non-hydrogen) atoms. The summed E-state index contributed by atoms with van der Waals surface area (Å²) in [4.78, 5) is 11.5. The van der Waals surface area contributed by atoms with Gasteiger partial charge >= 0.3 is 5.97 Å². The van der Waals surface area contributed by atoms with Crippen molar-refractivity contribution >= 4 is 5.97 Å². The number of benzene rings is 2. The monoisotopic (exact) mass is 296 g/mol. The summed E-state index contributed by atoms with van der Waals surface area (Å²) >= 11 is 0. The van der Waals surface area contributed by atoms with Crippen LogP contribution >= 0.6 is 0 Å². The quantitative estimate of drug-likeness (QED) is 0.593. The van der Waals surface area contributed by atoms with Gasteiger partial charge in [-0.1, -0.05) is 61.2 Å². The number of carbonyl (C=O) groups excluding carboxylic acids is 1. The van der Waals surface area contributed by atoms with Gasteiger partial charge in [-0.2, -0.15) is 0 Å². The molecule has 2 aromatic carbocycles. The van der Waals surface area contributed by atoms with Crippen molar-refractivity contribution in [3.63, 3.8) is 0 Å². The Morgan fingerprint density at radius 2 is 1.64 bits per heavy atom. The van der Waals surface area contributed by atoms with Gasteiger partial charge in [-0.05, 0) is 23.6 Å². The van der Waals surface area contributed by atoms with Gasteiger partial charge in [-0.3, -0.25) is 0 Å². The number of methoxy groups -OCH3 is 1. The van der Waals surface area contributed by atoms with Crippen LogP contribution in [0.5, 0.6) is 0 Å². The zero-order valence-electron chi connectivity index (χ0n) is 12.9. The third kappa shape index (κ3) is 4.06. The molecule has 0 radical (unpaired) electrons. The summed E-state index contributed by atoms with van der Waals surface area (Å²) < 4.78 is 10.6. The molecule has 0 bridgehead atoms. The summed E-state index contributed by atoms with van der Waals surface area (Å²) in [7, 11) is 1.60. The second-order valence-corrected chi connectivity index (χ2v) is 5.09. The first-order valence-corrected chi connectivity index (χ1v) is 7.12. The molecule has 1 atom stereocenters. The Balaban J connectivity index is 2.07. The SMILES string of the molecule is C=C(C)C(=O)OCC(OC)c1ccc(-c2ccccc2)cc1. The van der Waals surface area contributed by atoms with Crippen molar-refractivity contribution in [2.45, 2.75) is 13.0 Å². The Morgan fingerprint density at radius 3 is 2.18 bits per heavy atom. The lowest BCUT2D eigenvalue weighted by atomic mass is 10.0. The summed E-state index contributed by atoms with van der Waals surface area (Å²) in [6, 6.07) is 18.2. The molecule has 0 amide bonds. The third-order valence-electron chi connectivity index (χ3n) is 3.39. The van der Waals surface area contributed by atoms with Crippen molar-refractivity contribution in [3.8, 4) is 11.1 Å². The minimum atomic E-state index is -0.400. The molecule has 0 heterocycles. The molecule has 0 N–H and O–H groups in total. The van der Waals surface area contributed by atoms with Gasteiger partial charge in [0.2, 0.25) is 0 Å². The van der Waals surface area contributed by atoms with Crippen molar-refractivity contribution in [3.05, 3.63) is 72.3 Å². The van der Waals surface area contributed by atoms with E-state index in [9.17, 15) is 4.79 Å². The second-order valence-electron chi connectivity index (χ2n) is 5.09. The average Bonchev–Trinajstić information content (AvgIpc) is 2.56. The molecule has 114 valence electrons. The molecule has 1 unspecified atom stereocenters. The predicted octanol–water partition coefficient (Wildman–Crippen LogP) is 4.16. The Bertz CT molecular complexity index is 629. The fourth-order valence-electron chi connectivity index (χ4n) is 2.10. The van der Waals surface area contributed by atoms with Crippen LogP contribution in [0.1, 0.15) is 18.6 Å². The fourth-order valence-corrected chi connectivity index (χ4v) is 2.10. The number of rotatable bonds is 6. The number of carbonyl (C=O) groups is 1. The molecule has 0 saturated carbocycles. The van der Waals surface area contributed by atoms with Gasteiger partial charge in [0.05, 0.1) is 0 Å². The first kappa shape index (κ1) is 16.0. The molecule has 0 fully saturated rings. The van der Waals surface area contributed by atoms with Crippen molar-refractivity contribution < 1.29 is 14.3 Å². The minimum absolute atomic E-state index is 0.173. The minimum Gasteiger partial charge on any atom is -0.459 e. The van der Waals surface area contributed by atoms with Crippen LogP contribution in [0.2, 0.25) is 0 Å². The molecule has 0 aromatic heterocycles. The highest BCUT2D eigenvalue weighted by Gasteiger charge is 2.14. The van der Waals surface area contributed by atoms with Gasteiger partial charge in [0.15, 0.2) is 0 Å². The van der Waals surface area contributed by atoms with Crippen LogP contribution in [-0.2, 0) is 14.3 Å². The molecular formula is C19H20O3. The first-order valence-electron chi connectivity index (χ1n) is 7.12. The lowest BCUT2D eigenvalue weighted by Gasteiger charge is -2.16. The lowest BCUT2D eigenvalue weighted by molar-refractivity contribution is -0.142. The van der Waals surface area contributed by atoms with Gasteiger partial charge in [-0.25, -0.2) is 4.79 Å². The zero-order valence-corrected chi connectivity index (χ0v) is 12.9. The van der Waals surface area contributed by atoms with E-state index in [0.717, 1.165) is 16.7 Å². The Hall–Kier alpha value is -2.39. The van der Waals surface area contributed by atoms with E-state index >= 15 is 0 Å². The number of ether oxygens (including phenoxy) is 2. The van der Waals surface area contributed by atoms with Crippen molar-refractivity contribution in [1.82, 2.24) is 0 Å². The smallest absolute Gasteiger partial charge is 0.333 e. The van der Waals surface area contributed by atoms with Crippen LogP contribution in [0.4, 0.5) is 0 Å². The zero-order chi connectivity index (χ0) is 15.9. The number of hydrogen-bond donors (Lipinski definition) is 0. The summed E-state index contributed by atoms with van der Waals surface area (Å²) in [5.41, 5.74) is 3.65. The van der Waals surface area contributed by atoms with E-state index in [4.69, 9.17) is 9.47 Å². The maximum absolute atomic E-state index is 11.5. The maximum Gasteiger partial charge on any atom is 0.333 e. The standard InChI is InChI=1S/C19H20O3/c1-14(2)19(20)22-13-18(21-3)17-11-9-16(10-12-17)15-7-5-4-6-8-15/h4-12,18H,1,13H2,2-3H3. The van der Waals surface area contributed by atoms with E-state index < -0.39 is 5.97 Å². The van der Waals surface area contributed by atoms with Gasteiger partial charge < -0.3 is 9.47 Å². The normalized spacial score (nSPS) is 11.7. The van der Waals surface area contributed by atoms with Crippen LogP contribution < -0.4 is 0 Å². The van der Waals surface area contributed by atoms with Crippen LogP contribution in [0.25, 0.3) is 11.1 Å². The van der Waals surface area contributed by atoms with Crippen molar-refractivity contribution in [2.24, 2.45) is 0 Å². The fraction of sp³-hybridized carbons (Fsp3) is 0.211. The van der Waals surface area contributed by atoms with Gasteiger partial charge in [0.1, 0.15) is 12.7 Å². The van der Waals surface area contributed by atoms with E-state index in [1.165, 1.54) is 0 Å². The number of esters is 1. The number of hydrogen-bond acceptors (Lipinski definition) is 3. The molecular weight excluding hydrogens is 276 g/mol. The van der Waals surface area contributed by atoms with Crippen LogP contribution in [0, 0.1) is 0 Å². The van der Waals surface area contributed by atoms with Gasteiger partial charge in [0, 0.05) is 12.7 Å². The molecule has 2 rings (SSSR count). The maximum atomic E-state index is 11.5. The molecule has 0 aliphatic carbocycles. The van der Waals surface area contributed by atoms with E-state index in [1.807, 2.05) is 42.5 Å². The van der Waals surface area contributed by atoms with Crippen LogP contribution in [0.3, 0.4) is 0 Å². The second kappa shape index (κ2) is 7.57. The van der Waals surface area contributed by atoms with Crippen LogP contribution in [-0.4, -0.2) is 19.7 Å². The van der Waals surface area contributed by atoms with Gasteiger partial charge in [0.25, 0.3) is 0 Å². The summed E-state index contributed by atoms with van der Waals surface area (Å²) in [6.45, 7) is 5.36. The highest BCUT2D eigenvalue weighted by atomic mass is 16.6. The topological polar surface area (TPSA) is 35.5 Å². The average molecular weight is 296 g/mol. The van der Waals surface area contributed by atoms with E-state index in [1.54, 1.807) is 14.0 Å². The Labute approximate surface area is 131 Å². The first-order chi connectivity index (χ1) is 10.6. The molecule has 0 spiro atoms. The Kier molecular flexibility index (Phi) is 5.50. The molecule has 2 aromatic rings. The lowest BCUT2D eigenvalue weighted by Crippen LogP contribution is -2.14. The molecule has 0 aliphatic heterocycles. The third-order valence-corrected chi connectivity index (χ3v) is 3.39. The summed E-state index contributed by atoms with van der Waals surface area (Å²) in [5.74, 6) is -0.400. The summed E-state index contributed by atoms with van der Waals surface area (Å²) in [5, 5.41) is 0. The van der Waals surface area contributed by atoms with Gasteiger partial charge in [-0.15, -0.1) is 0 Å². The largest absolute Gasteiger partial charge is 0.459 e. The highest BCUT2D eigenvalue weighted by Crippen LogP contribution is 2.23. The Morgan fingerprint density at radius 1 is 1.05 bits per heavy atom. The molecule has 3 heteroatoms. The molecule has 0 aliphatic rings. The highest BCUT2D eigenvalue weighted by molar-refractivity contribution is 5.86. The van der Waals surface area contributed by atoms with Crippen molar-refractivity contribution in [1.29, 1.82) is 0 Å². The van der Waals surface area contributed by atoms with Crippen LogP contribution in [0.15, 0.2) is 66.7 Å². The molecule has 3 nitrogen and oxygen atoms in total. The predicted molar refractivity (Wildman–Crippen MR) is 87.4 cm³/mol. The summed E-state index contributed by atoms with van der Waals surface area (Å²) in [6.07, 6.45) is -0.284.